The monoisotopic (exact) mass is 381 g/mol. The van der Waals surface area contributed by atoms with Crippen molar-refractivity contribution in [3.05, 3.63) is 24.3 Å². The molecule has 0 saturated heterocycles. The summed E-state index contributed by atoms with van der Waals surface area (Å²) in [5, 5.41) is 6.27. The molecule has 7 heteroatoms. The Labute approximate surface area is 157 Å². The van der Waals surface area contributed by atoms with E-state index in [2.05, 4.69) is 15.4 Å². The van der Waals surface area contributed by atoms with E-state index in [0.717, 1.165) is 12.8 Å². The molecule has 146 valence electrons. The van der Waals surface area contributed by atoms with Crippen molar-refractivity contribution in [2.75, 3.05) is 5.32 Å². The molecule has 2 rings (SSSR count). The SMILES string of the molecule is CC(C)NS(=O)(=O)c1ccc(NC(=O)[C@@H](C)NC2CCCCCC2)cc1. The number of carbonyl (C=O) groups excluding carboxylic acids is 1. The number of hydrogen-bond donors (Lipinski definition) is 3. The topological polar surface area (TPSA) is 87.3 Å². The molecule has 3 N–H and O–H groups in total. The molecular weight excluding hydrogens is 350 g/mol. The fourth-order valence-corrected chi connectivity index (χ4v) is 4.47. The summed E-state index contributed by atoms with van der Waals surface area (Å²) in [4.78, 5) is 12.6. The van der Waals surface area contributed by atoms with Gasteiger partial charge in [-0.15, -0.1) is 0 Å². The van der Waals surface area contributed by atoms with E-state index < -0.39 is 10.0 Å². The van der Waals surface area contributed by atoms with Gasteiger partial charge in [0.25, 0.3) is 0 Å². The van der Waals surface area contributed by atoms with Crippen molar-refractivity contribution in [1.29, 1.82) is 0 Å². The summed E-state index contributed by atoms with van der Waals surface area (Å²) in [5.74, 6) is -0.106. The summed E-state index contributed by atoms with van der Waals surface area (Å²) >= 11 is 0. The number of rotatable bonds is 7. The number of sulfonamides is 1. The Morgan fingerprint density at radius 1 is 1.00 bits per heavy atom. The standard InChI is InChI=1S/C19H31N3O3S/c1-14(2)22-26(24,25)18-12-10-17(11-13-18)21-19(23)15(3)20-16-8-6-4-5-7-9-16/h10-16,20,22H,4-9H2,1-3H3,(H,21,23)/t15-/m1/s1. The highest BCUT2D eigenvalue weighted by atomic mass is 32.2. The van der Waals surface area contributed by atoms with Gasteiger partial charge in [0.05, 0.1) is 10.9 Å². The van der Waals surface area contributed by atoms with Crippen molar-refractivity contribution in [2.45, 2.75) is 82.3 Å². The molecule has 1 atom stereocenters. The van der Waals surface area contributed by atoms with Crippen molar-refractivity contribution < 1.29 is 13.2 Å². The molecule has 0 radical (unpaired) electrons. The van der Waals surface area contributed by atoms with Crippen molar-refractivity contribution in [2.24, 2.45) is 0 Å². The van der Waals surface area contributed by atoms with Gasteiger partial charge in [0.15, 0.2) is 0 Å². The molecule has 26 heavy (non-hydrogen) atoms. The summed E-state index contributed by atoms with van der Waals surface area (Å²) in [6.45, 7) is 5.41. The number of nitrogens with one attached hydrogen (secondary N) is 3. The van der Waals surface area contributed by atoms with Crippen LogP contribution in [0.4, 0.5) is 5.69 Å². The average Bonchev–Trinajstić information content (AvgIpc) is 2.82. The van der Waals surface area contributed by atoms with Gasteiger partial charge < -0.3 is 10.6 Å². The van der Waals surface area contributed by atoms with Crippen molar-refractivity contribution >= 4 is 21.6 Å². The maximum Gasteiger partial charge on any atom is 0.241 e. The highest BCUT2D eigenvalue weighted by molar-refractivity contribution is 7.89. The van der Waals surface area contributed by atoms with Crippen LogP contribution in [-0.2, 0) is 14.8 Å². The van der Waals surface area contributed by atoms with Gasteiger partial charge in [-0.3, -0.25) is 4.79 Å². The van der Waals surface area contributed by atoms with E-state index in [4.69, 9.17) is 0 Å². The summed E-state index contributed by atoms with van der Waals surface area (Å²) in [5.41, 5.74) is 0.591. The predicted molar refractivity (Wildman–Crippen MR) is 105 cm³/mol. The van der Waals surface area contributed by atoms with Crippen LogP contribution in [-0.4, -0.2) is 32.5 Å². The number of carbonyl (C=O) groups is 1. The fraction of sp³-hybridized carbons (Fsp3) is 0.632. The summed E-state index contributed by atoms with van der Waals surface area (Å²) in [6, 6.07) is 6.18. The van der Waals surface area contributed by atoms with Crippen LogP contribution in [0.3, 0.4) is 0 Å². The summed E-state index contributed by atoms with van der Waals surface area (Å²) in [7, 11) is -3.52. The zero-order valence-electron chi connectivity index (χ0n) is 15.9. The minimum Gasteiger partial charge on any atom is -0.325 e. The molecule has 0 unspecified atom stereocenters. The molecule has 1 amide bonds. The third-order valence-corrected chi connectivity index (χ3v) is 6.23. The van der Waals surface area contributed by atoms with Crippen LogP contribution in [0.1, 0.15) is 59.3 Å². The van der Waals surface area contributed by atoms with Gasteiger partial charge in [0.2, 0.25) is 15.9 Å². The molecule has 0 bridgehead atoms. The molecule has 0 heterocycles. The molecule has 1 aromatic rings. The van der Waals surface area contributed by atoms with Gasteiger partial charge in [-0.05, 0) is 57.9 Å². The smallest absolute Gasteiger partial charge is 0.241 e. The second-order valence-corrected chi connectivity index (χ2v) is 9.08. The predicted octanol–water partition coefficient (Wildman–Crippen LogP) is 3.01. The Balaban J connectivity index is 1.92. The van der Waals surface area contributed by atoms with E-state index in [9.17, 15) is 13.2 Å². The van der Waals surface area contributed by atoms with Crippen LogP contribution in [0.25, 0.3) is 0 Å². The van der Waals surface area contributed by atoms with Gasteiger partial charge in [-0.1, -0.05) is 25.7 Å². The van der Waals surface area contributed by atoms with Gasteiger partial charge in [0.1, 0.15) is 0 Å². The number of anilines is 1. The van der Waals surface area contributed by atoms with Gasteiger partial charge >= 0.3 is 0 Å². The number of amides is 1. The number of hydrogen-bond acceptors (Lipinski definition) is 4. The lowest BCUT2D eigenvalue weighted by Gasteiger charge is -2.21. The lowest BCUT2D eigenvalue weighted by Crippen LogP contribution is -2.43. The molecule has 1 fully saturated rings. The summed E-state index contributed by atoms with van der Waals surface area (Å²) < 4.78 is 26.8. The second-order valence-electron chi connectivity index (χ2n) is 7.37. The Kier molecular flexibility index (Phi) is 7.61. The lowest BCUT2D eigenvalue weighted by molar-refractivity contribution is -0.118. The van der Waals surface area contributed by atoms with E-state index in [1.165, 1.54) is 37.8 Å². The Hall–Kier alpha value is -1.44. The van der Waals surface area contributed by atoms with Crippen molar-refractivity contribution in [3.8, 4) is 0 Å². The van der Waals surface area contributed by atoms with Gasteiger partial charge in [-0.2, -0.15) is 0 Å². The van der Waals surface area contributed by atoms with Crippen molar-refractivity contribution in [1.82, 2.24) is 10.0 Å². The Bertz CT molecular complexity index is 678. The maximum absolute atomic E-state index is 12.4. The second kappa shape index (κ2) is 9.48. The van der Waals surface area contributed by atoms with Gasteiger partial charge in [0, 0.05) is 17.8 Å². The zero-order chi connectivity index (χ0) is 19.2. The van der Waals surface area contributed by atoms with E-state index in [1.54, 1.807) is 26.0 Å². The molecule has 0 spiro atoms. The molecule has 1 aliphatic carbocycles. The molecule has 0 aromatic heterocycles. The van der Waals surface area contributed by atoms with E-state index >= 15 is 0 Å². The van der Waals surface area contributed by atoms with E-state index in [1.807, 2.05) is 6.92 Å². The highest BCUT2D eigenvalue weighted by Crippen LogP contribution is 2.18. The van der Waals surface area contributed by atoms with E-state index in [0.29, 0.717) is 11.7 Å². The third-order valence-electron chi connectivity index (χ3n) is 4.56. The normalized spacial score (nSPS) is 17.7. The fourth-order valence-electron chi connectivity index (χ4n) is 3.22. The minimum absolute atomic E-state index is 0.106. The Morgan fingerprint density at radius 2 is 1.58 bits per heavy atom. The van der Waals surface area contributed by atoms with Gasteiger partial charge in [-0.25, -0.2) is 13.1 Å². The third kappa shape index (κ3) is 6.37. The molecule has 1 saturated carbocycles. The van der Waals surface area contributed by atoms with Crippen LogP contribution < -0.4 is 15.4 Å². The minimum atomic E-state index is -3.52. The lowest BCUT2D eigenvalue weighted by atomic mass is 10.1. The van der Waals surface area contributed by atoms with Crippen LogP contribution in [0, 0.1) is 0 Å². The van der Waals surface area contributed by atoms with Crippen molar-refractivity contribution in [3.63, 3.8) is 0 Å². The van der Waals surface area contributed by atoms with E-state index in [-0.39, 0.29) is 22.9 Å². The first kappa shape index (κ1) is 20.9. The zero-order valence-corrected chi connectivity index (χ0v) is 16.7. The highest BCUT2D eigenvalue weighted by Gasteiger charge is 2.20. The first-order chi connectivity index (χ1) is 12.3. The number of benzene rings is 1. The Morgan fingerprint density at radius 3 is 2.12 bits per heavy atom. The van der Waals surface area contributed by atoms with Crippen LogP contribution in [0.15, 0.2) is 29.2 Å². The quantitative estimate of drug-likeness (QED) is 0.634. The average molecular weight is 382 g/mol. The molecule has 6 nitrogen and oxygen atoms in total. The largest absolute Gasteiger partial charge is 0.325 e. The first-order valence-electron chi connectivity index (χ1n) is 9.47. The van der Waals surface area contributed by atoms with Crippen LogP contribution >= 0.6 is 0 Å². The molecule has 0 aliphatic heterocycles. The summed E-state index contributed by atoms with van der Waals surface area (Å²) in [6.07, 6.45) is 7.22. The van der Waals surface area contributed by atoms with Crippen LogP contribution in [0.5, 0.6) is 0 Å². The molecular formula is C19H31N3O3S. The van der Waals surface area contributed by atoms with Crippen LogP contribution in [0.2, 0.25) is 0 Å². The first-order valence-corrected chi connectivity index (χ1v) is 11.0. The molecule has 1 aromatic carbocycles. The molecule has 1 aliphatic rings. The maximum atomic E-state index is 12.4.